The first kappa shape index (κ1) is 21.5. The minimum Gasteiger partial charge on any atom is -0.350 e. The predicted octanol–water partition coefficient (Wildman–Crippen LogP) is 2.00. The zero-order chi connectivity index (χ0) is 22.0. The minimum atomic E-state index is -0.318. The van der Waals surface area contributed by atoms with E-state index in [0.29, 0.717) is 19.0 Å². The monoisotopic (exact) mass is 424 g/mol. The minimum absolute atomic E-state index is 0.00240. The van der Waals surface area contributed by atoms with Gasteiger partial charge in [-0.15, -0.1) is 5.10 Å². The molecular weight excluding hydrogens is 392 g/mol. The van der Waals surface area contributed by atoms with Crippen molar-refractivity contribution < 1.29 is 9.59 Å². The smallest absolute Gasteiger partial charge is 0.274 e. The van der Waals surface area contributed by atoms with E-state index in [1.54, 1.807) is 4.68 Å². The van der Waals surface area contributed by atoms with E-state index in [9.17, 15) is 9.59 Å². The molecule has 2 N–H and O–H groups in total. The molecule has 166 valence electrons. The third-order valence-corrected chi connectivity index (χ3v) is 6.40. The molecule has 0 radical (unpaired) electrons. The molecule has 2 aliphatic rings. The summed E-state index contributed by atoms with van der Waals surface area (Å²) in [6.45, 7) is 10.4. The zero-order valence-corrected chi connectivity index (χ0v) is 18.6. The molecule has 0 bridgehead atoms. The number of likely N-dealkylation sites (tertiary alicyclic amines) is 1. The van der Waals surface area contributed by atoms with Crippen LogP contribution >= 0.6 is 0 Å². The fourth-order valence-corrected chi connectivity index (χ4v) is 4.40. The molecule has 0 saturated carbocycles. The first-order valence-corrected chi connectivity index (χ1v) is 11.2. The number of carbonyl (C=O) groups is 2. The molecule has 8 heteroatoms. The topological polar surface area (TPSA) is 92.2 Å². The lowest BCUT2D eigenvalue weighted by molar-refractivity contribution is 0.0858. The van der Waals surface area contributed by atoms with E-state index in [4.69, 9.17) is 0 Å². The SMILES string of the molecule is Cc1cccc(CN2CCC(CNC(=O)c3nnn4c3C(=O)N[C@@H](C(C)C)C4)CC2)c1. The lowest BCUT2D eigenvalue weighted by Crippen LogP contribution is -2.48. The average Bonchev–Trinajstić information content (AvgIpc) is 3.18. The number of benzene rings is 1. The van der Waals surface area contributed by atoms with Crippen LogP contribution in [-0.4, -0.2) is 57.4 Å². The third kappa shape index (κ3) is 4.95. The third-order valence-electron chi connectivity index (χ3n) is 6.40. The standard InChI is InChI=1S/C23H32N6O2/c1-15(2)19-14-29-21(23(31)25-19)20(26-27-29)22(30)24-12-17-7-9-28(10-8-17)13-18-6-4-5-16(3)11-18/h4-6,11,15,17,19H,7-10,12-14H2,1-3H3,(H,24,30)(H,25,31)/t19-/m1/s1. The number of nitrogens with zero attached hydrogens (tertiary/aromatic N) is 4. The van der Waals surface area contributed by atoms with Gasteiger partial charge in [0.2, 0.25) is 0 Å². The quantitative estimate of drug-likeness (QED) is 0.740. The number of hydrogen-bond donors (Lipinski definition) is 2. The van der Waals surface area contributed by atoms with Crippen molar-refractivity contribution in [3.05, 3.63) is 46.8 Å². The average molecular weight is 425 g/mol. The van der Waals surface area contributed by atoms with Crippen molar-refractivity contribution in [1.82, 2.24) is 30.5 Å². The predicted molar refractivity (Wildman–Crippen MR) is 118 cm³/mol. The van der Waals surface area contributed by atoms with Crippen LogP contribution in [0.1, 0.15) is 58.8 Å². The highest BCUT2D eigenvalue weighted by Crippen LogP contribution is 2.20. The van der Waals surface area contributed by atoms with Gasteiger partial charge in [-0.1, -0.05) is 48.9 Å². The number of carbonyl (C=O) groups excluding carboxylic acids is 2. The van der Waals surface area contributed by atoms with Crippen LogP contribution in [0.25, 0.3) is 0 Å². The van der Waals surface area contributed by atoms with Gasteiger partial charge in [0.25, 0.3) is 11.8 Å². The van der Waals surface area contributed by atoms with E-state index in [-0.39, 0.29) is 35.2 Å². The Bertz CT molecular complexity index is 945. The van der Waals surface area contributed by atoms with E-state index >= 15 is 0 Å². The van der Waals surface area contributed by atoms with Gasteiger partial charge in [-0.3, -0.25) is 14.5 Å². The molecule has 31 heavy (non-hydrogen) atoms. The Morgan fingerprint density at radius 3 is 2.77 bits per heavy atom. The number of amides is 2. The maximum Gasteiger partial charge on any atom is 0.274 e. The van der Waals surface area contributed by atoms with Crippen molar-refractivity contribution in [2.24, 2.45) is 11.8 Å². The molecule has 2 aliphatic heterocycles. The number of piperidine rings is 1. The van der Waals surface area contributed by atoms with Gasteiger partial charge in [0.05, 0.1) is 12.6 Å². The first-order chi connectivity index (χ1) is 14.9. The van der Waals surface area contributed by atoms with E-state index in [1.807, 2.05) is 13.8 Å². The summed E-state index contributed by atoms with van der Waals surface area (Å²) in [5, 5.41) is 14.0. The maximum atomic E-state index is 12.7. The van der Waals surface area contributed by atoms with Gasteiger partial charge >= 0.3 is 0 Å². The second kappa shape index (κ2) is 9.18. The van der Waals surface area contributed by atoms with Crippen LogP contribution in [-0.2, 0) is 13.1 Å². The van der Waals surface area contributed by atoms with Crippen LogP contribution in [0, 0.1) is 18.8 Å². The van der Waals surface area contributed by atoms with Crippen molar-refractivity contribution in [2.45, 2.75) is 52.7 Å². The summed E-state index contributed by atoms with van der Waals surface area (Å²) < 4.78 is 1.56. The Hall–Kier alpha value is -2.74. The molecular formula is C23H32N6O2. The fraction of sp³-hybridized carbons (Fsp3) is 0.565. The van der Waals surface area contributed by atoms with Gasteiger partial charge < -0.3 is 10.6 Å². The summed E-state index contributed by atoms with van der Waals surface area (Å²) in [6.07, 6.45) is 2.09. The Kier molecular flexibility index (Phi) is 6.36. The van der Waals surface area contributed by atoms with Gasteiger partial charge in [-0.05, 0) is 50.3 Å². The van der Waals surface area contributed by atoms with Crippen LogP contribution in [0.15, 0.2) is 24.3 Å². The molecule has 0 aliphatic carbocycles. The normalized spacial score (nSPS) is 19.9. The molecule has 0 spiro atoms. The highest BCUT2D eigenvalue weighted by atomic mass is 16.2. The van der Waals surface area contributed by atoms with Crippen LogP contribution < -0.4 is 10.6 Å². The van der Waals surface area contributed by atoms with Gasteiger partial charge in [-0.2, -0.15) is 0 Å². The van der Waals surface area contributed by atoms with E-state index in [2.05, 4.69) is 57.0 Å². The second-order valence-electron chi connectivity index (χ2n) is 9.21. The van der Waals surface area contributed by atoms with E-state index < -0.39 is 0 Å². The molecule has 8 nitrogen and oxygen atoms in total. The van der Waals surface area contributed by atoms with Gasteiger partial charge in [0.15, 0.2) is 11.4 Å². The number of aryl methyl sites for hydroxylation is 1. The number of hydrogen-bond acceptors (Lipinski definition) is 5. The number of fused-ring (bicyclic) bond motifs is 1. The van der Waals surface area contributed by atoms with Crippen LogP contribution in [0.5, 0.6) is 0 Å². The Labute approximate surface area is 183 Å². The van der Waals surface area contributed by atoms with Gasteiger partial charge in [0.1, 0.15) is 0 Å². The summed E-state index contributed by atoms with van der Waals surface area (Å²) >= 11 is 0. The Morgan fingerprint density at radius 2 is 2.06 bits per heavy atom. The summed E-state index contributed by atoms with van der Waals surface area (Å²) in [7, 11) is 0. The summed E-state index contributed by atoms with van der Waals surface area (Å²) in [5.41, 5.74) is 3.03. The van der Waals surface area contributed by atoms with Crippen molar-refractivity contribution in [3.8, 4) is 0 Å². The molecule has 1 fully saturated rings. The van der Waals surface area contributed by atoms with Crippen LogP contribution in [0.2, 0.25) is 0 Å². The Morgan fingerprint density at radius 1 is 1.29 bits per heavy atom. The largest absolute Gasteiger partial charge is 0.350 e. The molecule has 0 unspecified atom stereocenters. The fourth-order valence-electron chi connectivity index (χ4n) is 4.40. The summed E-state index contributed by atoms with van der Waals surface area (Å²) in [5.74, 6) is 0.129. The molecule has 2 aromatic rings. The lowest BCUT2D eigenvalue weighted by atomic mass is 9.96. The first-order valence-electron chi connectivity index (χ1n) is 11.2. The lowest BCUT2D eigenvalue weighted by Gasteiger charge is -2.32. The molecule has 4 rings (SSSR count). The van der Waals surface area contributed by atoms with Gasteiger partial charge in [-0.25, -0.2) is 4.68 Å². The van der Waals surface area contributed by atoms with Crippen molar-refractivity contribution >= 4 is 11.8 Å². The Balaban J connectivity index is 1.27. The highest BCUT2D eigenvalue weighted by Gasteiger charge is 2.33. The molecule has 1 aromatic heterocycles. The summed E-state index contributed by atoms with van der Waals surface area (Å²) in [4.78, 5) is 27.7. The maximum absolute atomic E-state index is 12.7. The number of nitrogens with one attached hydrogen (secondary N) is 2. The van der Waals surface area contributed by atoms with Crippen molar-refractivity contribution in [3.63, 3.8) is 0 Å². The molecule has 3 heterocycles. The van der Waals surface area contributed by atoms with Gasteiger partial charge in [0, 0.05) is 13.1 Å². The van der Waals surface area contributed by atoms with Crippen LogP contribution in [0.3, 0.4) is 0 Å². The molecule has 1 atom stereocenters. The van der Waals surface area contributed by atoms with Crippen molar-refractivity contribution in [1.29, 1.82) is 0 Å². The molecule has 2 amide bonds. The van der Waals surface area contributed by atoms with Crippen LogP contribution in [0.4, 0.5) is 0 Å². The molecule has 1 saturated heterocycles. The second-order valence-corrected chi connectivity index (χ2v) is 9.21. The molecule has 1 aromatic carbocycles. The number of aromatic nitrogens is 3. The number of rotatable bonds is 6. The highest BCUT2D eigenvalue weighted by molar-refractivity contribution is 6.05. The zero-order valence-electron chi connectivity index (χ0n) is 18.6. The van der Waals surface area contributed by atoms with E-state index in [0.717, 1.165) is 32.5 Å². The van der Waals surface area contributed by atoms with E-state index in [1.165, 1.54) is 11.1 Å². The summed E-state index contributed by atoms with van der Waals surface area (Å²) in [6, 6.07) is 8.66. The van der Waals surface area contributed by atoms with Crippen molar-refractivity contribution in [2.75, 3.05) is 19.6 Å².